The lowest BCUT2D eigenvalue weighted by Gasteiger charge is -2.50. The number of primary amides is 1. The molecule has 3 aromatic heterocycles. The number of pyridine rings is 1. The van der Waals surface area contributed by atoms with Crippen molar-refractivity contribution in [2.75, 3.05) is 13.1 Å². The number of nitrogens with zero attached hydrogens (tertiary/aromatic N) is 4. The van der Waals surface area contributed by atoms with Crippen molar-refractivity contribution in [3.63, 3.8) is 0 Å². The molecule has 0 saturated carbocycles. The third kappa shape index (κ3) is 3.30. The molecule has 3 saturated heterocycles. The van der Waals surface area contributed by atoms with Gasteiger partial charge in [0.1, 0.15) is 11.3 Å². The van der Waals surface area contributed by atoms with Crippen LogP contribution in [0, 0.1) is 0 Å². The highest BCUT2D eigenvalue weighted by Gasteiger charge is 2.40. The Balaban J connectivity index is 1.20. The number of amides is 2. The van der Waals surface area contributed by atoms with Crippen LogP contribution in [-0.4, -0.2) is 51.0 Å². The second-order valence-electron chi connectivity index (χ2n) is 8.13. The molecule has 0 radical (unpaired) electrons. The number of urea groups is 1. The first-order valence-corrected chi connectivity index (χ1v) is 11.2. The Hall–Kier alpha value is -3.17. The lowest BCUT2D eigenvalue weighted by atomic mass is 9.90. The number of aromatic nitrogens is 2. The zero-order chi connectivity index (χ0) is 20.9. The lowest BCUT2D eigenvalue weighted by molar-refractivity contribution is -0.000881. The highest BCUT2D eigenvalue weighted by molar-refractivity contribution is 7.20. The fraction of sp³-hybridized carbons (Fsp3) is 0.318. The molecule has 3 fully saturated rings. The molecule has 0 spiro atoms. The van der Waals surface area contributed by atoms with Gasteiger partial charge in [-0.25, -0.2) is 9.78 Å². The van der Waals surface area contributed by atoms with E-state index in [0.717, 1.165) is 47.2 Å². The summed E-state index contributed by atoms with van der Waals surface area (Å²) < 4.78 is 12.8. The molecule has 2 bridgehead atoms. The number of piperazine rings is 1. The summed E-state index contributed by atoms with van der Waals surface area (Å²) >= 11 is 1.47. The molecule has 31 heavy (non-hydrogen) atoms. The van der Waals surface area contributed by atoms with Crippen LogP contribution in [0.1, 0.15) is 18.4 Å². The van der Waals surface area contributed by atoms with Crippen molar-refractivity contribution in [3.05, 3.63) is 48.4 Å². The van der Waals surface area contributed by atoms with E-state index in [1.54, 1.807) is 6.20 Å². The minimum Gasteiger partial charge on any atom is -0.464 e. The second-order valence-corrected chi connectivity index (χ2v) is 9.12. The first-order chi connectivity index (χ1) is 15.1. The summed E-state index contributed by atoms with van der Waals surface area (Å²) in [5, 5.41) is 1.63. The number of benzene rings is 1. The summed E-state index contributed by atoms with van der Waals surface area (Å²) in [6.07, 6.45) is 5.67. The van der Waals surface area contributed by atoms with Crippen LogP contribution in [0.4, 0.5) is 4.79 Å². The fourth-order valence-corrected chi connectivity index (χ4v) is 5.54. The van der Waals surface area contributed by atoms with Gasteiger partial charge in [0, 0.05) is 54.9 Å². The van der Waals surface area contributed by atoms with E-state index >= 15 is 0 Å². The van der Waals surface area contributed by atoms with Crippen LogP contribution in [-0.2, 0) is 6.54 Å². The number of fused-ring (bicyclic) bond motifs is 5. The molecule has 0 aliphatic carbocycles. The maximum absolute atomic E-state index is 11.7. The number of piperidine rings is 2. The van der Waals surface area contributed by atoms with Crippen LogP contribution in [0.2, 0.25) is 0 Å². The first kappa shape index (κ1) is 18.6. The van der Waals surface area contributed by atoms with E-state index in [1.165, 1.54) is 11.3 Å². The summed E-state index contributed by atoms with van der Waals surface area (Å²) in [7, 11) is 0. The summed E-state index contributed by atoms with van der Waals surface area (Å²) in [5.74, 6) is 0.682. The third-order valence-electron chi connectivity index (χ3n) is 6.28. The van der Waals surface area contributed by atoms with Crippen molar-refractivity contribution in [1.29, 1.82) is 0 Å². The molecular formula is C22H21N5O3S. The van der Waals surface area contributed by atoms with Gasteiger partial charge in [0.15, 0.2) is 5.65 Å². The van der Waals surface area contributed by atoms with Gasteiger partial charge < -0.3 is 19.8 Å². The molecule has 158 valence electrons. The van der Waals surface area contributed by atoms with Gasteiger partial charge in [-0.15, -0.1) is 0 Å². The number of carbonyl (C=O) groups is 1. The van der Waals surface area contributed by atoms with Crippen LogP contribution in [0.3, 0.4) is 0 Å². The fourth-order valence-electron chi connectivity index (χ4n) is 4.74. The van der Waals surface area contributed by atoms with Crippen LogP contribution >= 0.6 is 11.3 Å². The van der Waals surface area contributed by atoms with Crippen LogP contribution < -0.4 is 10.5 Å². The van der Waals surface area contributed by atoms with Crippen molar-refractivity contribution in [2.45, 2.75) is 31.5 Å². The number of thiazole rings is 1. The van der Waals surface area contributed by atoms with Crippen LogP contribution in [0.25, 0.3) is 21.3 Å². The first-order valence-electron chi connectivity index (χ1n) is 10.3. The second kappa shape index (κ2) is 7.21. The third-order valence-corrected chi connectivity index (χ3v) is 7.16. The van der Waals surface area contributed by atoms with Gasteiger partial charge in [-0.3, -0.25) is 4.90 Å². The predicted molar refractivity (Wildman–Crippen MR) is 117 cm³/mol. The van der Waals surface area contributed by atoms with Crippen molar-refractivity contribution >= 4 is 38.7 Å². The Morgan fingerprint density at radius 2 is 2.16 bits per heavy atom. The lowest BCUT2D eigenvalue weighted by Crippen LogP contribution is -2.64. The van der Waals surface area contributed by atoms with E-state index < -0.39 is 0 Å². The van der Waals surface area contributed by atoms with Gasteiger partial charge in [0.05, 0.1) is 11.0 Å². The maximum Gasteiger partial charge on any atom is 0.315 e. The predicted octanol–water partition coefficient (Wildman–Crippen LogP) is 3.96. The Morgan fingerprint density at radius 3 is 2.97 bits per heavy atom. The van der Waals surface area contributed by atoms with Crippen molar-refractivity contribution in [3.8, 4) is 10.9 Å². The summed E-state index contributed by atoms with van der Waals surface area (Å²) in [4.78, 5) is 24.6. The topological polar surface area (TPSA) is 97.7 Å². The molecule has 8 nitrogen and oxygen atoms in total. The molecular weight excluding hydrogens is 414 g/mol. The molecule has 2 atom stereocenters. The molecule has 6 heterocycles. The number of hydrogen-bond acceptors (Lipinski definition) is 7. The van der Waals surface area contributed by atoms with Gasteiger partial charge >= 0.3 is 6.03 Å². The molecule has 3 aliphatic rings. The van der Waals surface area contributed by atoms with E-state index in [4.69, 9.17) is 14.9 Å². The summed E-state index contributed by atoms with van der Waals surface area (Å²) in [6.45, 7) is 2.36. The van der Waals surface area contributed by atoms with Gasteiger partial charge in [-0.2, -0.15) is 4.98 Å². The Bertz CT molecular complexity index is 1250. The van der Waals surface area contributed by atoms with Crippen molar-refractivity contribution in [1.82, 2.24) is 19.8 Å². The number of carbonyl (C=O) groups excluding carboxylic acids is 1. The molecule has 2 amide bonds. The SMILES string of the molecule is NC(=O)N1C[C@@H]2CC[C@H]1CN2Cc1coc2cc(Oc3nc4ncccc4s3)ccc12. The van der Waals surface area contributed by atoms with Crippen LogP contribution in [0.5, 0.6) is 10.9 Å². The number of nitrogens with two attached hydrogens (primary N) is 1. The van der Waals surface area contributed by atoms with E-state index in [1.807, 2.05) is 41.5 Å². The average Bonchev–Trinajstić information content (AvgIpc) is 3.37. The monoisotopic (exact) mass is 435 g/mol. The van der Waals surface area contributed by atoms with Gasteiger partial charge in [-0.1, -0.05) is 11.3 Å². The number of furan rings is 1. The van der Waals surface area contributed by atoms with E-state index in [0.29, 0.717) is 29.2 Å². The zero-order valence-electron chi connectivity index (χ0n) is 16.7. The van der Waals surface area contributed by atoms with Crippen LogP contribution in [0.15, 0.2) is 47.2 Å². The Morgan fingerprint density at radius 1 is 1.26 bits per heavy atom. The van der Waals surface area contributed by atoms with Gasteiger partial charge in [0.2, 0.25) is 0 Å². The van der Waals surface area contributed by atoms with E-state index in [-0.39, 0.29) is 12.1 Å². The number of ether oxygens (including phenoxy) is 1. The molecule has 7 rings (SSSR count). The molecule has 0 unspecified atom stereocenters. The van der Waals surface area contributed by atoms with Crippen molar-refractivity contribution in [2.24, 2.45) is 5.73 Å². The average molecular weight is 436 g/mol. The van der Waals surface area contributed by atoms with Gasteiger partial charge in [0.25, 0.3) is 5.19 Å². The Kier molecular flexibility index (Phi) is 4.32. The molecule has 3 aliphatic heterocycles. The Labute approximate surface area is 182 Å². The van der Waals surface area contributed by atoms with Crippen molar-refractivity contribution < 1.29 is 13.9 Å². The summed E-state index contributed by atoms with van der Waals surface area (Å²) in [5.41, 5.74) is 8.15. The van der Waals surface area contributed by atoms with E-state index in [9.17, 15) is 4.79 Å². The highest BCUT2D eigenvalue weighted by atomic mass is 32.1. The van der Waals surface area contributed by atoms with Gasteiger partial charge in [-0.05, 0) is 37.1 Å². The number of rotatable bonds is 4. The minimum atomic E-state index is -0.306. The van der Waals surface area contributed by atoms with E-state index in [2.05, 4.69) is 14.9 Å². The largest absolute Gasteiger partial charge is 0.464 e. The zero-order valence-corrected chi connectivity index (χ0v) is 17.5. The molecule has 2 N–H and O–H groups in total. The smallest absolute Gasteiger partial charge is 0.315 e. The standard InChI is InChI=1S/C22H21N5O3S/c23-21(28)27-11-14-3-4-15(27)10-26(14)9-13-12-29-18-8-16(5-6-17(13)18)30-22-25-20-19(31-22)2-1-7-24-20/h1-2,5-8,12,14-15H,3-4,9-11H2,(H2,23,28)/t14-,15-/m0/s1. The quantitative estimate of drug-likeness (QED) is 0.521. The molecule has 9 heteroatoms. The highest BCUT2D eigenvalue weighted by Crippen LogP contribution is 2.35. The number of hydrogen-bond donors (Lipinski definition) is 1. The summed E-state index contributed by atoms with van der Waals surface area (Å²) in [6, 6.07) is 9.99. The normalized spacial score (nSPS) is 21.2. The maximum atomic E-state index is 11.7. The molecule has 4 aromatic rings. The minimum absolute atomic E-state index is 0.212. The molecule has 1 aromatic carbocycles.